The number of hydrogen-bond donors (Lipinski definition) is 0. The molecule has 0 bridgehead atoms. The van der Waals surface area contributed by atoms with Crippen molar-refractivity contribution in [2.45, 2.75) is 12.5 Å². The minimum Gasteiger partial charge on any atom is -0.493 e. The first-order chi connectivity index (χ1) is 13.2. The summed E-state index contributed by atoms with van der Waals surface area (Å²) in [6.45, 7) is 1.03. The lowest BCUT2D eigenvalue weighted by Gasteiger charge is -2.15. The van der Waals surface area contributed by atoms with Gasteiger partial charge in [0.15, 0.2) is 17.1 Å². The van der Waals surface area contributed by atoms with E-state index < -0.39 is 0 Å². The van der Waals surface area contributed by atoms with Crippen molar-refractivity contribution in [1.82, 2.24) is 14.9 Å². The number of likely N-dealkylation sites (tertiary alicyclic amines) is 1. The Kier molecular flexibility index (Phi) is 4.53. The van der Waals surface area contributed by atoms with Crippen LogP contribution >= 0.6 is 0 Å². The average molecular weight is 369 g/mol. The van der Waals surface area contributed by atoms with Gasteiger partial charge in [0.05, 0.1) is 33.2 Å². The summed E-state index contributed by atoms with van der Waals surface area (Å²) in [5.41, 5.74) is 0.571. The number of ether oxygens (including phenoxy) is 3. The van der Waals surface area contributed by atoms with Gasteiger partial charge in [0.2, 0.25) is 11.8 Å². The molecule has 8 heteroatoms. The highest BCUT2D eigenvalue weighted by molar-refractivity contribution is 5.97. The Morgan fingerprint density at radius 1 is 1.22 bits per heavy atom. The van der Waals surface area contributed by atoms with E-state index in [1.54, 1.807) is 24.1 Å². The largest absolute Gasteiger partial charge is 0.493 e. The second-order valence-corrected chi connectivity index (χ2v) is 6.17. The number of fused-ring (bicyclic) bond motifs is 1. The van der Waals surface area contributed by atoms with Crippen molar-refractivity contribution in [1.29, 1.82) is 0 Å². The molecule has 1 atom stereocenters. The van der Waals surface area contributed by atoms with Crippen molar-refractivity contribution in [3.63, 3.8) is 0 Å². The number of carbonyl (C=O) groups excluding carboxylic acids is 1. The van der Waals surface area contributed by atoms with E-state index in [1.807, 2.05) is 12.1 Å². The number of methoxy groups -OCH3 is 2. The minimum absolute atomic E-state index is 0.158. The van der Waals surface area contributed by atoms with E-state index in [2.05, 4.69) is 9.97 Å². The number of hydrogen-bond acceptors (Lipinski definition) is 7. The highest BCUT2D eigenvalue weighted by Gasteiger charge is 2.30. The smallest absolute Gasteiger partial charge is 0.289 e. The van der Waals surface area contributed by atoms with Crippen LogP contribution in [0.2, 0.25) is 0 Å². The molecular formula is C19H19N3O5. The summed E-state index contributed by atoms with van der Waals surface area (Å²) in [5, 5.41) is 0.830. The van der Waals surface area contributed by atoms with Gasteiger partial charge in [-0.3, -0.25) is 9.78 Å². The normalized spacial score (nSPS) is 16.5. The highest BCUT2D eigenvalue weighted by Crippen LogP contribution is 2.29. The Hall–Kier alpha value is -3.29. The van der Waals surface area contributed by atoms with Crippen molar-refractivity contribution >= 4 is 16.9 Å². The Bertz CT molecular complexity index is 971. The molecule has 1 aliphatic rings. The minimum atomic E-state index is -0.170. The summed E-state index contributed by atoms with van der Waals surface area (Å²) in [4.78, 5) is 22.7. The van der Waals surface area contributed by atoms with E-state index in [4.69, 9.17) is 18.6 Å². The van der Waals surface area contributed by atoms with Gasteiger partial charge in [-0.05, 0) is 12.1 Å². The van der Waals surface area contributed by atoms with Crippen LogP contribution in [0.4, 0.5) is 0 Å². The molecule has 0 aliphatic carbocycles. The summed E-state index contributed by atoms with van der Waals surface area (Å²) in [7, 11) is 3.09. The van der Waals surface area contributed by atoms with Gasteiger partial charge in [0, 0.05) is 18.4 Å². The summed E-state index contributed by atoms with van der Waals surface area (Å²) in [6, 6.07) is 7.28. The Balaban J connectivity index is 1.46. The standard InChI is InChI=1S/C19H19N3O5/c1-24-14-5-3-4-12-8-15(27-18(12)14)19(23)22-7-6-13(11-22)26-17-10-20-9-16(21-17)25-2/h3-5,8-10,13H,6-7,11H2,1-2H3/t13-/m1/s1. The predicted molar refractivity (Wildman–Crippen MR) is 96.3 cm³/mol. The maximum absolute atomic E-state index is 12.8. The number of amides is 1. The lowest BCUT2D eigenvalue weighted by Crippen LogP contribution is -2.30. The van der Waals surface area contributed by atoms with Crippen molar-refractivity contribution in [2.24, 2.45) is 0 Å². The monoisotopic (exact) mass is 369 g/mol. The fourth-order valence-electron chi connectivity index (χ4n) is 3.12. The van der Waals surface area contributed by atoms with Crippen molar-refractivity contribution in [3.8, 4) is 17.5 Å². The molecule has 0 unspecified atom stereocenters. The van der Waals surface area contributed by atoms with Gasteiger partial charge in [0.1, 0.15) is 6.10 Å². The van der Waals surface area contributed by atoms with E-state index in [1.165, 1.54) is 19.5 Å². The van der Waals surface area contributed by atoms with Crippen molar-refractivity contribution < 1.29 is 23.4 Å². The summed E-state index contributed by atoms with van der Waals surface area (Å²) < 4.78 is 21.9. The molecule has 2 aromatic heterocycles. The summed E-state index contributed by atoms with van der Waals surface area (Å²) in [6.07, 6.45) is 3.58. The van der Waals surface area contributed by atoms with Crippen molar-refractivity contribution in [3.05, 3.63) is 42.4 Å². The Morgan fingerprint density at radius 2 is 2.07 bits per heavy atom. The number of aromatic nitrogens is 2. The number of nitrogens with zero attached hydrogens (tertiary/aromatic N) is 3. The molecule has 1 amide bonds. The van der Waals surface area contributed by atoms with E-state index >= 15 is 0 Å². The average Bonchev–Trinajstić information content (AvgIpc) is 3.34. The van der Waals surface area contributed by atoms with Gasteiger partial charge in [-0.15, -0.1) is 0 Å². The van der Waals surface area contributed by atoms with Gasteiger partial charge in [0.25, 0.3) is 5.91 Å². The number of rotatable bonds is 5. The molecule has 0 saturated carbocycles. The van der Waals surface area contributed by atoms with E-state index in [9.17, 15) is 4.79 Å². The zero-order valence-electron chi connectivity index (χ0n) is 15.0. The first kappa shape index (κ1) is 17.1. The van der Waals surface area contributed by atoms with Crippen molar-refractivity contribution in [2.75, 3.05) is 27.3 Å². The molecule has 0 radical (unpaired) electrons. The maximum Gasteiger partial charge on any atom is 0.289 e. The fraction of sp³-hybridized carbons (Fsp3) is 0.316. The first-order valence-corrected chi connectivity index (χ1v) is 8.56. The summed E-state index contributed by atoms with van der Waals surface area (Å²) >= 11 is 0. The molecule has 1 aliphatic heterocycles. The van der Waals surface area contributed by atoms with Gasteiger partial charge in [-0.2, -0.15) is 4.98 Å². The fourth-order valence-corrected chi connectivity index (χ4v) is 3.12. The lowest BCUT2D eigenvalue weighted by atomic mass is 10.2. The quantitative estimate of drug-likeness (QED) is 0.683. The number of benzene rings is 1. The lowest BCUT2D eigenvalue weighted by molar-refractivity contribution is 0.0741. The van der Waals surface area contributed by atoms with Crippen LogP contribution in [-0.2, 0) is 0 Å². The Labute approximate surface area is 155 Å². The van der Waals surface area contributed by atoms with Crippen LogP contribution in [-0.4, -0.2) is 54.2 Å². The van der Waals surface area contributed by atoms with Crippen LogP contribution in [0, 0.1) is 0 Å². The van der Waals surface area contributed by atoms with E-state index in [-0.39, 0.29) is 17.8 Å². The first-order valence-electron chi connectivity index (χ1n) is 8.56. The van der Waals surface area contributed by atoms with Crippen LogP contribution in [0.15, 0.2) is 41.1 Å². The van der Waals surface area contributed by atoms with Gasteiger partial charge >= 0.3 is 0 Å². The van der Waals surface area contributed by atoms with E-state index in [0.29, 0.717) is 42.6 Å². The zero-order chi connectivity index (χ0) is 18.8. The van der Waals surface area contributed by atoms with Crippen LogP contribution < -0.4 is 14.2 Å². The topological polar surface area (TPSA) is 86.9 Å². The van der Waals surface area contributed by atoms with Gasteiger partial charge in [-0.25, -0.2) is 0 Å². The molecule has 4 rings (SSSR count). The van der Waals surface area contributed by atoms with Crippen LogP contribution in [0.3, 0.4) is 0 Å². The van der Waals surface area contributed by atoms with Crippen LogP contribution in [0.5, 0.6) is 17.5 Å². The second kappa shape index (κ2) is 7.14. The predicted octanol–water partition coefficient (Wildman–Crippen LogP) is 2.53. The second-order valence-electron chi connectivity index (χ2n) is 6.17. The molecule has 1 saturated heterocycles. The third kappa shape index (κ3) is 3.38. The number of carbonyl (C=O) groups is 1. The summed E-state index contributed by atoms with van der Waals surface area (Å²) in [5.74, 6) is 1.48. The van der Waals surface area contributed by atoms with E-state index in [0.717, 1.165) is 5.39 Å². The number of furan rings is 1. The third-order valence-corrected chi connectivity index (χ3v) is 4.46. The highest BCUT2D eigenvalue weighted by atomic mass is 16.5. The molecule has 1 aromatic carbocycles. The molecule has 3 aromatic rings. The molecular weight excluding hydrogens is 350 g/mol. The zero-order valence-corrected chi connectivity index (χ0v) is 15.0. The molecule has 3 heterocycles. The SMILES string of the molecule is COc1cncc(O[C@@H]2CCN(C(=O)c3cc4cccc(OC)c4o3)C2)n1. The van der Waals surface area contributed by atoms with Gasteiger partial charge in [-0.1, -0.05) is 12.1 Å². The Morgan fingerprint density at radius 3 is 2.89 bits per heavy atom. The van der Waals surface area contributed by atoms with Gasteiger partial charge < -0.3 is 23.5 Å². The molecule has 8 nitrogen and oxygen atoms in total. The van der Waals surface area contributed by atoms with Crippen LogP contribution in [0.25, 0.3) is 11.0 Å². The maximum atomic E-state index is 12.8. The third-order valence-electron chi connectivity index (χ3n) is 4.46. The molecule has 1 fully saturated rings. The molecule has 0 N–H and O–H groups in total. The number of para-hydroxylation sites is 1. The molecule has 140 valence electrons. The molecule has 0 spiro atoms. The van der Waals surface area contributed by atoms with Crippen LogP contribution in [0.1, 0.15) is 17.0 Å². The molecule has 27 heavy (non-hydrogen) atoms.